The zero-order chi connectivity index (χ0) is 59.8. The maximum absolute atomic E-state index is 13.7. The van der Waals surface area contributed by atoms with Crippen LogP contribution >= 0.6 is 16.6 Å². The highest BCUT2D eigenvalue weighted by atomic mass is 31.2. The number of fused-ring (bicyclic) bond motifs is 1. The lowest BCUT2D eigenvalue weighted by molar-refractivity contribution is -0.133. The number of carbonyl (C=O) groups is 5. The molecule has 82 heavy (non-hydrogen) atoms. The van der Waals surface area contributed by atoms with Gasteiger partial charge in [-0.05, 0) is 84.8 Å². The summed E-state index contributed by atoms with van der Waals surface area (Å²) in [7, 11) is -3.28. The first kappa shape index (κ1) is 70.7. The van der Waals surface area contributed by atoms with Crippen molar-refractivity contribution < 1.29 is 75.8 Å². The minimum absolute atomic E-state index is 0.00271. The summed E-state index contributed by atoms with van der Waals surface area (Å²) >= 11 is 0. The van der Waals surface area contributed by atoms with Gasteiger partial charge in [-0.15, -0.1) is 0 Å². The number of phosphoric acid groups is 1. The number of unbranched alkanes of at least 4 members (excludes halogenated alkanes) is 7. The van der Waals surface area contributed by atoms with Crippen LogP contribution < -0.4 is 33.6 Å². The molecule has 0 bridgehead atoms. The molecule has 4 rings (SSSR count). The zero-order valence-electron chi connectivity index (χ0n) is 48.5. The molecule has 27 nitrogen and oxygen atoms in total. The number of hydrogen-bond donors (Lipinski definition) is 8. The molecule has 468 valence electrons. The van der Waals surface area contributed by atoms with E-state index in [1.807, 2.05) is 13.8 Å². The fraction of sp³-hybridized carbons (Fsp3) is 0.811. The summed E-state index contributed by atoms with van der Waals surface area (Å²) < 4.78 is 62.2. The maximum Gasteiger partial charge on any atom is 0.472 e. The van der Waals surface area contributed by atoms with Gasteiger partial charge in [-0.25, -0.2) is 19.5 Å². The standard InChI is InChI=1S/C53H95N11O16P2/c1-52(2,73-3)81-77-33-44-43(30-48(79-44)64-38-61-49-50(57)59-37-60-51(49)64)80-82(71,72)78-32-39-29-42(67)31-63(39)47(70)18-9-7-5-4-6-8-17-46(69)62-53(34-74-26-19-40(65)15-10-12-22-54,35-75-27-20-41(66)16-11-13-23-55)36-76-28-21-45(68)58-25-14-24-56/h37-39,42-44,48,67,81H,4-36,54-56H2,1-3H3,(H,58,68)(H,62,69)(H,71,72)(H2,57,59,60)/t39-,42+,43-,44+,48+/m0/s1. The van der Waals surface area contributed by atoms with Gasteiger partial charge in [0, 0.05) is 80.4 Å². The second-order valence-electron chi connectivity index (χ2n) is 21.5. The number of phosphoric ester groups is 1. The Morgan fingerprint density at radius 3 is 1.99 bits per heavy atom. The van der Waals surface area contributed by atoms with Crippen LogP contribution in [-0.2, 0) is 65.8 Å². The number of nitrogens with one attached hydrogen (secondary N) is 2. The molecule has 2 aliphatic rings. The van der Waals surface area contributed by atoms with E-state index in [0.717, 1.165) is 38.5 Å². The first-order chi connectivity index (χ1) is 39.3. The largest absolute Gasteiger partial charge is 0.472 e. The van der Waals surface area contributed by atoms with Gasteiger partial charge in [-0.3, -0.25) is 37.6 Å². The number of rotatable bonds is 47. The van der Waals surface area contributed by atoms with Crippen LogP contribution in [0.5, 0.6) is 0 Å². The van der Waals surface area contributed by atoms with Gasteiger partial charge in [0.15, 0.2) is 11.5 Å². The molecule has 0 aromatic carbocycles. The highest BCUT2D eigenvalue weighted by Gasteiger charge is 2.44. The third-order valence-electron chi connectivity index (χ3n) is 14.0. The first-order valence-electron chi connectivity index (χ1n) is 28.9. The molecule has 0 saturated carbocycles. The van der Waals surface area contributed by atoms with Gasteiger partial charge in [0.05, 0.1) is 71.3 Å². The van der Waals surface area contributed by atoms with E-state index in [0.29, 0.717) is 82.3 Å². The summed E-state index contributed by atoms with van der Waals surface area (Å²) in [5.41, 5.74) is 22.3. The maximum atomic E-state index is 13.7. The predicted molar refractivity (Wildman–Crippen MR) is 307 cm³/mol. The average molecular weight is 1200 g/mol. The Labute approximate surface area is 484 Å². The van der Waals surface area contributed by atoms with E-state index in [1.165, 1.54) is 17.6 Å². The first-order valence-corrected chi connectivity index (χ1v) is 31.3. The van der Waals surface area contributed by atoms with Crippen molar-refractivity contribution in [3.8, 4) is 0 Å². The Morgan fingerprint density at radius 1 is 0.768 bits per heavy atom. The van der Waals surface area contributed by atoms with E-state index in [9.17, 15) is 38.5 Å². The van der Waals surface area contributed by atoms with Crippen molar-refractivity contribution in [1.29, 1.82) is 0 Å². The van der Waals surface area contributed by atoms with Crippen molar-refractivity contribution in [2.24, 2.45) is 17.2 Å². The number of aliphatic hydroxyl groups excluding tert-OH is 1. The topological polar surface area (TPSA) is 392 Å². The Balaban J connectivity index is 1.25. The minimum atomic E-state index is -4.76. The number of nitrogen functional groups attached to an aromatic ring is 1. The van der Waals surface area contributed by atoms with Crippen LogP contribution in [0.3, 0.4) is 0 Å². The number of methoxy groups -OCH3 is 1. The number of amides is 3. The number of aromatic nitrogens is 4. The Morgan fingerprint density at radius 2 is 1.37 bits per heavy atom. The second-order valence-corrected chi connectivity index (χ2v) is 24.6. The van der Waals surface area contributed by atoms with Gasteiger partial charge in [0.2, 0.25) is 17.7 Å². The number of nitrogens with zero attached hydrogens (tertiary/aromatic N) is 5. The normalized spacial score (nSPS) is 19.4. The van der Waals surface area contributed by atoms with Gasteiger partial charge in [-0.1, -0.05) is 25.7 Å². The van der Waals surface area contributed by atoms with Gasteiger partial charge in [0.1, 0.15) is 52.7 Å². The summed E-state index contributed by atoms with van der Waals surface area (Å²) in [6.45, 7) is 5.43. The number of imidazole rings is 1. The van der Waals surface area contributed by atoms with E-state index in [2.05, 4.69) is 25.6 Å². The SMILES string of the molecule is COC(C)(C)POC[C@H]1O[C@@H](n2cnc3c(N)ncnc32)C[C@@H]1OP(=O)(O)OC[C@@H]1C[C@@H](O)CN1C(=O)CCCCCCCCC(=O)NC(COCCC(=O)CCCCN)(COCCC(=O)CCCCN)COCCC(=O)NCCCN. The van der Waals surface area contributed by atoms with E-state index < -0.39 is 49.3 Å². The summed E-state index contributed by atoms with van der Waals surface area (Å²) in [4.78, 5) is 89.7. The molecule has 2 fully saturated rings. The predicted octanol–water partition coefficient (Wildman–Crippen LogP) is 3.21. The molecule has 2 saturated heterocycles. The Bertz CT molecular complexity index is 2200. The molecule has 0 radical (unpaired) electrons. The van der Waals surface area contributed by atoms with Crippen LogP contribution in [0.2, 0.25) is 0 Å². The molecule has 7 atom stereocenters. The monoisotopic (exact) mass is 1200 g/mol. The molecular formula is C53H95N11O16P2. The Kier molecular flexibility index (Phi) is 33.1. The third-order valence-corrected chi connectivity index (χ3v) is 16.0. The number of hydrogen-bond acceptors (Lipinski definition) is 22. The summed E-state index contributed by atoms with van der Waals surface area (Å²) in [5.74, 6) is -0.429. The smallest absolute Gasteiger partial charge is 0.391 e. The molecule has 2 aromatic rings. The van der Waals surface area contributed by atoms with Gasteiger partial charge in [-0.2, -0.15) is 0 Å². The highest BCUT2D eigenvalue weighted by Crippen LogP contribution is 2.49. The lowest BCUT2D eigenvalue weighted by atomic mass is 10.0. The van der Waals surface area contributed by atoms with E-state index in [1.54, 1.807) is 11.7 Å². The molecular weight excluding hydrogens is 1110 g/mol. The number of β-amino-alcohol motifs (C(OH)–C–C–N with tert-alkyl or cyclic N) is 1. The molecule has 2 aromatic heterocycles. The molecule has 2 aliphatic heterocycles. The number of anilines is 1. The van der Waals surface area contributed by atoms with E-state index in [-0.39, 0.29) is 148 Å². The van der Waals surface area contributed by atoms with Gasteiger partial charge < -0.3 is 76.7 Å². The highest BCUT2D eigenvalue weighted by molar-refractivity contribution is 7.47. The summed E-state index contributed by atoms with van der Waals surface area (Å²) in [6, 6.07) is -0.674. The number of aliphatic hydroxyl groups is 1. The van der Waals surface area contributed by atoms with Crippen molar-refractivity contribution in [1.82, 2.24) is 35.1 Å². The van der Waals surface area contributed by atoms with Gasteiger partial charge >= 0.3 is 7.82 Å². The number of nitrogens with two attached hydrogens (primary N) is 4. The quantitative estimate of drug-likeness (QED) is 0.0348. The number of likely N-dealkylation sites (tertiary alicyclic amines) is 1. The number of ketones is 2. The van der Waals surface area contributed by atoms with E-state index >= 15 is 0 Å². The molecule has 0 spiro atoms. The summed E-state index contributed by atoms with van der Waals surface area (Å²) in [5, 5.41) is 15.9. The van der Waals surface area contributed by atoms with Crippen molar-refractivity contribution in [2.75, 3.05) is 98.4 Å². The van der Waals surface area contributed by atoms with Gasteiger partial charge in [0.25, 0.3) is 0 Å². The molecule has 29 heteroatoms. The third kappa shape index (κ3) is 26.7. The fourth-order valence-corrected chi connectivity index (χ4v) is 10.9. The van der Waals surface area contributed by atoms with Crippen LogP contribution in [-0.4, -0.2) is 192 Å². The van der Waals surface area contributed by atoms with Crippen LogP contribution in [0, 0.1) is 0 Å². The summed E-state index contributed by atoms with van der Waals surface area (Å²) in [6.07, 6.45) is 9.00. The number of ether oxygens (including phenoxy) is 5. The lowest BCUT2D eigenvalue weighted by Gasteiger charge is -2.34. The average Bonchev–Trinajstić information content (AvgIpc) is 4.21. The molecule has 12 N–H and O–H groups in total. The van der Waals surface area contributed by atoms with Crippen LogP contribution in [0.15, 0.2) is 12.7 Å². The number of carbonyl (C=O) groups excluding carboxylic acids is 5. The van der Waals surface area contributed by atoms with E-state index in [4.69, 9.17) is 60.2 Å². The zero-order valence-corrected chi connectivity index (χ0v) is 50.4. The fourth-order valence-electron chi connectivity index (χ4n) is 9.23. The lowest BCUT2D eigenvalue weighted by Crippen LogP contribution is -2.58. The van der Waals surface area contributed by atoms with Crippen LogP contribution in [0.4, 0.5) is 5.82 Å². The molecule has 0 aliphatic carbocycles. The molecule has 4 heterocycles. The second kappa shape index (κ2) is 38.3. The molecule has 3 amide bonds. The van der Waals surface area contributed by atoms with Crippen LogP contribution in [0.1, 0.15) is 148 Å². The molecule has 2 unspecified atom stereocenters. The van der Waals surface area contributed by atoms with Crippen molar-refractivity contribution in [3.05, 3.63) is 12.7 Å². The van der Waals surface area contributed by atoms with Crippen molar-refractivity contribution in [3.63, 3.8) is 0 Å². The Hall–Kier alpha value is -3.76. The van der Waals surface area contributed by atoms with Crippen LogP contribution in [0.25, 0.3) is 11.2 Å². The van der Waals surface area contributed by atoms with Crippen molar-refractivity contribution in [2.45, 2.75) is 184 Å². The number of Topliss-reactive ketones (excluding diaryl/α,β-unsaturated/α-hetero) is 2. The van der Waals surface area contributed by atoms with Crippen molar-refractivity contribution >= 4 is 62.9 Å². The minimum Gasteiger partial charge on any atom is -0.391 e.